The van der Waals surface area contributed by atoms with Crippen molar-refractivity contribution in [1.29, 1.82) is 0 Å². The van der Waals surface area contributed by atoms with Gasteiger partial charge in [0.05, 0.1) is 0 Å². The first-order chi connectivity index (χ1) is 10.6. The third kappa shape index (κ3) is 4.14. The maximum atomic E-state index is 11.4. The van der Waals surface area contributed by atoms with Crippen LogP contribution in [0.4, 0.5) is 0 Å². The molecule has 1 heterocycles. The molecule has 2 rings (SSSR count). The SMILES string of the molecule is C#CCOc1ccccc1C=C(Sc1n[nH]c(C)n1)C(=O)O. The minimum Gasteiger partial charge on any atom is -0.480 e. The highest BCUT2D eigenvalue weighted by molar-refractivity contribution is 8.04. The minimum atomic E-state index is -1.07. The van der Waals surface area contributed by atoms with Gasteiger partial charge >= 0.3 is 5.97 Å². The summed E-state index contributed by atoms with van der Waals surface area (Å²) in [5.74, 6) is 2.44. The summed E-state index contributed by atoms with van der Waals surface area (Å²) < 4.78 is 5.40. The largest absolute Gasteiger partial charge is 0.480 e. The summed E-state index contributed by atoms with van der Waals surface area (Å²) in [5.41, 5.74) is 0.620. The number of hydrogen-bond acceptors (Lipinski definition) is 5. The van der Waals surface area contributed by atoms with Gasteiger partial charge in [-0.2, -0.15) is 0 Å². The Hall–Kier alpha value is -2.72. The van der Waals surface area contributed by atoms with Crippen molar-refractivity contribution in [3.05, 3.63) is 40.6 Å². The molecular formula is C15H13N3O3S. The van der Waals surface area contributed by atoms with E-state index in [0.717, 1.165) is 11.8 Å². The van der Waals surface area contributed by atoms with Gasteiger partial charge in [0.1, 0.15) is 23.1 Å². The van der Waals surface area contributed by atoms with Gasteiger partial charge in [-0.25, -0.2) is 9.78 Å². The van der Waals surface area contributed by atoms with Crippen LogP contribution in [0.25, 0.3) is 6.08 Å². The maximum Gasteiger partial charge on any atom is 0.342 e. The number of aryl methyl sites for hydroxylation is 1. The lowest BCUT2D eigenvalue weighted by Gasteiger charge is -2.07. The molecule has 0 amide bonds. The number of terminal acetylenes is 1. The predicted octanol–water partition coefficient (Wildman–Crippen LogP) is 2.34. The Morgan fingerprint density at radius 1 is 1.55 bits per heavy atom. The van der Waals surface area contributed by atoms with E-state index in [2.05, 4.69) is 21.1 Å². The second kappa shape index (κ2) is 7.33. The van der Waals surface area contributed by atoms with E-state index >= 15 is 0 Å². The molecule has 0 aliphatic rings. The number of H-pyrrole nitrogens is 1. The molecule has 7 heteroatoms. The molecule has 0 atom stereocenters. The van der Waals surface area contributed by atoms with E-state index in [1.54, 1.807) is 31.2 Å². The molecule has 0 spiro atoms. The van der Waals surface area contributed by atoms with E-state index in [1.807, 2.05) is 0 Å². The lowest BCUT2D eigenvalue weighted by Crippen LogP contribution is -1.99. The quantitative estimate of drug-likeness (QED) is 0.483. The summed E-state index contributed by atoms with van der Waals surface area (Å²) in [4.78, 5) is 15.6. The van der Waals surface area contributed by atoms with Gasteiger partial charge in [-0.05, 0) is 30.8 Å². The summed E-state index contributed by atoms with van der Waals surface area (Å²) in [7, 11) is 0. The number of thioether (sulfide) groups is 1. The first kappa shape index (κ1) is 15.7. The molecule has 0 aliphatic carbocycles. The average Bonchev–Trinajstić information content (AvgIpc) is 2.90. The van der Waals surface area contributed by atoms with Crippen LogP contribution in [0.3, 0.4) is 0 Å². The van der Waals surface area contributed by atoms with Gasteiger partial charge in [0.25, 0.3) is 0 Å². The average molecular weight is 315 g/mol. The van der Waals surface area contributed by atoms with E-state index < -0.39 is 5.97 Å². The number of carboxylic acid groups (broad SMARTS) is 1. The van der Waals surface area contributed by atoms with E-state index in [4.69, 9.17) is 11.2 Å². The van der Waals surface area contributed by atoms with Crippen molar-refractivity contribution in [2.45, 2.75) is 12.1 Å². The van der Waals surface area contributed by atoms with Gasteiger partial charge in [-0.3, -0.25) is 5.10 Å². The molecule has 0 saturated heterocycles. The number of rotatable bonds is 6. The van der Waals surface area contributed by atoms with Crippen LogP contribution < -0.4 is 4.74 Å². The fourth-order valence-corrected chi connectivity index (χ4v) is 2.34. The Morgan fingerprint density at radius 2 is 2.32 bits per heavy atom. The second-order valence-corrected chi connectivity index (χ2v) is 5.16. The summed E-state index contributed by atoms with van der Waals surface area (Å²) in [6, 6.07) is 7.05. The van der Waals surface area contributed by atoms with E-state index in [1.165, 1.54) is 6.08 Å². The van der Waals surface area contributed by atoms with Crippen molar-refractivity contribution in [2.24, 2.45) is 0 Å². The Kier molecular flexibility index (Phi) is 5.22. The summed E-state index contributed by atoms with van der Waals surface area (Å²) in [6.45, 7) is 1.85. The van der Waals surface area contributed by atoms with Crippen LogP contribution in [0.2, 0.25) is 0 Å². The zero-order valence-electron chi connectivity index (χ0n) is 11.7. The molecule has 22 heavy (non-hydrogen) atoms. The second-order valence-electron chi connectivity index (χ2n) is 4.15. The summed E-state index contributed by atoms with van der Waals surface area (Å²) in [6.07, 6.45) is 6.68. The zero-order chi connectivity index (χ0) is 15.9. The number of aliphatic carboxylic acids is 1. The molecule has 1 aromatic carbocycles. The molecule has 0 saturated carbocycles. The number of benzene rings is 1. The maximum absolute atomic E-state index is 11.4. The van der Waals surface area contributed by atoms with E-state index in [0.29, 0.717) is 22.3 Å². The van der Waals surface area contributed by atoms with Crippen molar-refractivity contribution in [2.75, 3.05) is 6.61 Å². The van der Waals surface area contributed by atoms with Crippen LogP contribution in [-0.4, -0.2) is 32.9 Å². The van der Waals surface area contributed by atoms with Crippen molar-refractivity contribution in [1.82, 2.24) is 15.2 Å². The molecule has 0 bridgehead atoms. The number of hydrogen-bond donors (Lipinski definition) is 2. The lowest BCUT2D eigenvalue weighted by molar-refractivity contribution is -0.131. The highest BCUT2D eigenvalue weighted by atomic mass is 32.2. The Labute approximate surface area is 131 Å². The highest BCUT2D eigenvalue weighted by Crippen LogP contribution is 2.28. The Balaban J connectivity index is 2.30. The number of nitrogens with zero attached hydrogens (tertiary/aromatic N) is 2. The topological polar surface area (TPSA) is 88.1 Å². The van der Waals surface area contributed by atoms with Gasteiger partial charge in [-0.1, -0.05) is 24.1 Å². The van der Waals surface area contributed by atoms with E-state index in [9.17, 15) is 9.90 Å². The van der Waals surface area contributed by atoms with Crippen LogP contribution in [0.15, 0.2) is 34.3 Å². The van der Waals surface area contributed by atoms with Gasteiger partial charge in [0.2, 0.25) is 5.16 Å². The van der Waals surface area contributed by atoms with Gasteiger partial charge < -0.3 is 9.84 Å². The van der Waals surface area contributed by atoms with Gasteiger partial charge in [0, 0.05) is 5.56 Å². The van der Waals surface area contributed by atoms with Crippen LogP contribution in [-0.2, 0) is 4.79 Å². The summed E-state index contributed by atoms with van der Waals surface area (Å²) >= 11 is 0.957. The normalized spacial score (nSPS) is 11.0. The smallest absolute Gasteiger partial charge is 0.342 e. The Bertz CT molecular complexity index is 746. The molecule has 0 fully saturated rings. The number of carbonyl (C=O) groups is 1. The number of carboxylic acids is 1. The van der Waals surface area contributed by atoms with Gasteiger partial charge in [-0.15, -0.1) is 11.5 Å². The van der Waals surface area contributed by atoms with Crippen molar-refractivity contribution >= 4 is 23.8 Å². The minimum absolute atomic E-state index is 0.0794. The van der Waals surface area contributed by atoms with E-state index in [-0.39, 0.29) is 11.5 Å². The molecule has 2 aromatic rings. The first-order valence-electron chi connectivity index (χ1n) is 6.27. The zero-order valence-corrected chi connectivity index (χ0v) is 12.6. The third-order valence-corrected chi connectivity index (χ3v) is 3.38. The number of nitrogens with one attached hydrogen (secondary N) is 1. The number of aromatic nitrogens is 3. The number of para-hydroxylation sites is 1. The third-order valence-electron chi connectivity index (χ3n) is 2.51. The predicted molar refractivity (Wildman–Crippen MR) is 83.4 cm³/mol. The standard InChI is InChI=1S/C15H13N3O3S/c1-3-8-21-12-7-5-4-6-11(12)9-13(14(19)20)22-15-16-10(2)17-18-15/h1,4-7,9H,8H2,2H3,(H,19,20)(H,16,17,18). The van der Waals surface area contributed by atoms with Crippen LogP contribution in [0, 0.1) is 19.3 Å². The van der Waals surface area contributed by atoms with Crippen molar-refractivity contribution in [3.8, 4) is 18.1 Å². The Morgan fingerprint density at radius 3 is 2.95 bits per heavy atom. The van der Waals surface area contributed by atoms with Crippen molar-refractivity contribution < 1.29 is 14.6 Å². The number of ether oxygens (including phenoxy) is 1. The molecule has 0 unspecified atom stereocenters. The van der Waals surface area contributed by atoms with Crippen LogP contribution >= 0.6 is 11.8 Å². The molecule has 2 N–H and O–H groups in total. The monoisotopic (exact) mass is 315 g/mol. The highest BCUT2D eigenvalue weighted by Gasteiger charge is 2.14. The fourth-order valence-electron chi connectivity index (χ4n) is 1.59. The first-order valence-corrected chi connectivity index (χ1v) is 7.09. The van der Waals surface area contributed by atoms with Crippen LogP contribution in [0.1, 0.15) is 11.4 Å². The molecule has 0 aliphatic heterocycles. The number of aromatic amines is 1. The fraction of sp³-hybridized carbons (Fsp3) is 0.133. The molecular weight excluding hydrogens is 302 g/mol. The van der Waals surface area contributed by atoms with Crippen molar-refractivity contribution in [3.63, 3.8) is 0 Å². The molecule has 0 radical (unpaired) electrons. The molecule has 112 valence electrons. The van der Waals surface area contributed by atoms with Crippen LogP contribution in [0.5, 0.6) is 5.75 Å². The lowest BCUT2D eigenvalue weighted by atomic mass is 10.2. The summed E-state index contributed by atoms with van der Waals surface area (Å²) in [5, 5.41) is 16.3. The molecule has 1 aromatic heterocycles. The van der Waals surface area contributed by atoms with Gasteiger partial charge in [0.15, 0.2) is 0 Å². The molecule has 6 nitrogen and oxygen atoms in total.